The summed E-state index contributed by atoms with van der Waals surface area (Å²) in [6.45, 7) is 2.67. The zero-order valence-corrected chi connectivity index (χ0v) is 19.0. The fourth-order valence-electron chi connectivity index (χ4n) is 3.54. The number of imidazole rings is 1. The van der Waals surface area contributed by atoms with Crippen LogP contribution in [0.25, 0.3) is 6.08 Å². The molecule has 0 spiro atoms. The van der Waals surface area contributed by atoms with Gasteiger partial charge in [-0.25, -0.2) is 14.6 Å². The number of aromatic carboxylic acids is 1. The lowest BCUT2D eigenvalue weighted by Crippen LogP contribution is -2.09. The molecule has 3 rings (SSSR count). The minimum Gasteiger partial charge on any atom is -0.478 e. The molecule has 3 aromatic rings. The van der Waals surface area contributed by atoms with Crippen LogP contribution in [0.4, 0.5) is 0 Å². The molecular weight excluding hydrogens is 424 g/mol. The van der Waals surface area contributed by atoms with Gasteiger partial charge < -0.3 is 14.8 Å². The van der Waals surface area contributed by atoms with Crippen molar-refractivity contribution >= 4 is 29.4 Å². The summed E-state index contributed by atoms with van der Waals surface area (Å²) in [4.78, 5) is 28.6. The molecule has 168 valence electrons. The summed E-state index contributed by atoms with van der Waals surface area (Å²) in [6.07, 6.45) is 9.09. The Hall–Kier alpha value is -3.19. The third kappa shape index (κ3) is 6.40. The van der Waals surface area contributed by atoms with Crippen molar-refractivity contribution in [1.29, 1.82) is 0 Å². The molecule has 0 bridgehead atoms. The van der Waals surface area contributed by atoms with E-state index in [-0.39, 0.29) is 5.56 Å². The van der Waals surface area contributed by atoms with Gasteiger partial charge in [0.05, 0.1) is 17.5 Å². The van der Waals surface area contributed by atoms with Crippen molar-refractivity contribution in [3.8, 4) is 0 Å². The Balaban J connectivity index is 1.90. The summed E-state index contributed by atoms with van der Waals surface area (Å²) in [5.74, 6) is -0.990. The molecule has 0 unspecified atom stereocenters. The van der Waals surface area contributed by atoms with Crippen LogP contribution < -0.4 is 0 Å². The number of hydrogen-bond donors (Lipinski definition) is 2. The average molecular weight is 453 g/mol. The first-order chi connectivity index (χ1) is 15.5. The van der Waals surface area contributed by atoms with Crippen molar-refractivity contribution < 1.29 is 19.8 Å². The second kappa shape index (κ2) is 11.4. The lowest BCUT2D eigenvalue weighted by atomic mass is 10.1. The van der Waals surface area contributed by atoms with Gasteiger partial charge in [0.2, 0.25) is 0 Å². The molecule has 0 saturated carbocycles. The van der Waals surface area contributed by atoms with Gasteiger partial charge in [0.25, 0.3) is 0 Å². The van der Waals surface area contributed by atoms with Gasteiger partial charge >= 0.3 is 11.9 Å². The summed E-state index contributed by atoms with van der Waals surface area (Å²) in [7, 11) is 0. The smallest absolute Gasteiger partial charge is 0.335 e. The van der Waals surface area contributed by atoms with Gasteiger partial charge in [-0.05, 0) is 41.6 Å². The Morgan fingerprint density at radius 1 is 1.09 bits per heavy atom. The Kier molecular flexibility index (Phi) is 8.39. The number of rotatable bonds is 12. The van der Waals surface area contributed by atoms with Gasteiger partial charge in [-0.3, -0.25) is 0 Å². The third-order valence-corrected chi connectivity index (χ3v) is 6.18. The molecule has 7 heteroatoms. The fraction of sp³-hybridized carbons (Fsp3) is 0.320. The van der Waals surface area contributed by atoms with Crippen molar-refractivity contribution in [2.45, 2.75) is 52.0 Å². The van der Waals surface area contributed by atoms with E-state index in [0.29, 0.717) is 18.5 Å². The minimum atomic E-state index is -0.959. The van der Waals surface area contributed by atoms with E-state index in [4.69, 9.17) is 5.11 Å². The van der Waals surface area contributed by atoms with Crippen LogP contribution in [0.15, 0.2) is 53.5 Å². The maximum absolute atomic E-state index is 11.9. The van der Waals surface area contributed by atoms with E-state index < -0.39 is 11.9 Å². The number of aliphatic carboxylic acids is 1. The van der Waals surface area contributed by atoms with Crippen molar-refractivity contribution in [2.75, 3.05) is 0 Å². The zero-order valence-electron chi connectivity index (χ0n) is 18.2. The first kappa shape index (κ1) is 23.5. The molecule has 2 N–H and O–H groups in total. The van der Waals surface area contributed by atoms with E-state index in [9.17, 15) is 14.7 Å². The van der Waals surface area contributed by atoms with Gasteiger partial charge in [-0.2, -0.15) is 0 Å². The molecule has 0 saturated heterocycles. The van der Waals surface area contributed by atoms with Crippen molar-refractivity contribution in [2.24, 2.45) is 0 Å². The molecule has 0 amide bonds. The van der Waals surface area contributed by atoms with E-state index >= 15 is 0 Å². The van der Waals surface area contributed by atoms with E-state index in [2.05, 4.69) is 11.9 Å². The summed E-state index contributed by atoms with van der Waals surface area (Å²) in [5.41, 5.74) is 2.23. The molecule has 0 aliphatic carbocycles. The van der Waals surface area contributed by atoms with Gasteiger partial charge in [-0.15, -0.1) is 11.3 Å². The summed E-state index contributed by atoms with van der Waals surface area (Å²) in [5, 5.41) is 20.8. The fourth-order valence-corrected chi connectivity index (χ4v) is 4.27. The number of carboxylic acid groups (broad SMARTS) is 2. The Bertz CT molecular complexity index is 1070. The highest BCUT2D eigenvalue weighted by molar-refractivity contribution is 7.09. The van der Waals surface area contributed by atoms with Gasteiger partial charge in [0.15, 0.2) is 0 Å². The number of carbonyl (C=O) groups is 2. The van der Waals surface area contributed by atoms with Crippen molar-refractivity contribution in [3.63, 3.8) is 0 Å². The standard InChI is InChI=1S/C25H28N2O4S/c1-2-3-4-5-8-23-26-16-21(14-20(25(30)31)15-22-7-6-13-32-22)27(23)17-18-9-11-19(12-10-18)24(28)29/h6-7,9-14,16H,2-5,8,15,17H2,1H3,(H,28,29)(H,30,31)/b20-14+. The zero-order chi connectivity index (χ0) is 22.9. The quantitative estimate of drug-likeness (QED) is 0.279. The largest absolute Gasteiger partial charge is 0.478 e. The lowest BCUT2D eigenvalue weighted by Gasteiger charge is -2.12. The van der Waals surface area contributed by atoms with Crippen LogP contribution in [0.3, 0.4) is 0 Å². The van der Waals surface area contributed by atoms with Crippen molar-refractivity contribution in [1.82, 2.24) is 9.55 Å². The van der Waals surface area contributed by atoms with Gasteiger partial charge in [0, 0.05) is 29.8 Å². The molecule has 6 nitrogen and oxygen atoms in total. The molecule has 0 aliphatic rings. The molecule has 0 atom stereocenters. The predicted molar refractivity (Wildman–Crippen MR) is 126 cm³/mol. The second-order valence-electron chi connectivity index (χ2n) is 7.73. The number of aromatic nitrogens is 2. The van der Waals surface area contributed by atoms with Gasteiger partial charge in [0.1, 0.15) is 5.82 Å². The van der Waals surface area contributed by atoms with Crippen LogP contribution in [-0.2, 0) is 24.2 Å². The molecule has 32 heavy (non-hydrogen) atoms. The highest BCUT2D eigenvalue weighted by atomic mass is 32.1. The van der Waals surface area contributed by atoms with Crippen molar-refractivity contribution in [3.05, 3.63) is 81.1 Å². The number of nitrogens with zero attached hydrogens (tertiary/aromatic N) is 2. The van der Waals surface area contributed by atoms with Crippen LogP contribution in [0.1, 0.15) is 64.9 Å². The Morgan fingerprint density at radius 3 is 2.50 bits per heavy atom. The topological polar surface area (TPSA) is 92.4 Å². The Morgan fingerprint density at radius 2 is 1.88 bits per heavy atom. The van der Waals surface area contributed by atoms with E-state index in [0.717, 1.165) is 47.6 Å². The first-order valence-electron chi connectivity index (χ1n) is 10.8. The number of hydrogen-bond acceptors (Lipinski definition) is 4. The highest BCUT2D eigenvalue weighted by Gasteiger charge is 2.14. The summed E-state index contributed by atoms with van der Waals surface area (Å²) >= 11 is 1.54. The van der Waals surface area contributed by atoms with Crippen LogP contribution >= 0.6 is 11.3 Å². The average Bonchev–Trinajstić information content (AvgIpc) is 3.42. The third-order valence-electron chi connectivity index (χ3n) is 5.31. The lowest BCUT2D eigenvalue weighted by molar-refractivity contribution is -0.132. The summed E-state index contributed by atoms with van der Waals surface area (Å²) in [6, 6.07) is 10.6. The highest BCUT2D eigenvalue weighted by Crippen LogP contribution is 2.20. The SMILES string of the molecule is CCCCCCc1ncc(/C=C(\Cc2cccs2)C(=O)O)n1Cc1ccc(C(=O)O)cc1. The predicted octanol–water partition coefficient (Wildman–Crippen LogP) is 5.52. The number of aryl methyl sites for hydroxylation is 1. The van der Waals surface area contributed by atoms with Crippen LogP contribution in [0.2, 0.25) is 0 Å². The van der Waals surface area contributed by atoms with E-state index in [1.165, 1.54) is 17.8 Å². The van der Waals surface area contributed by atoms with Crippen LogP contribution in [0.5, 0.6) is 0 Å². The molecule has 0 aliphatic heterocycles. The molecule has 2 aromatic heterocycles. The molecular formula is C25H28N2O4S. The van der Waals surface area contributed by atoms with E-state index in [1.807, 2.05) is 22.1 Å². The maximum atomic E-state index is 11.9. The molecule has 1 aromatic carbocycles. The Labute approximate surface area is 191 Å². The molecule has 0 fully saturated rings. The first-order valence-corrected chi connectivity index (χ1v) is 11.7. The normalized spacial score (nSPS) is 11.6. The number of thiophene rings is 1. The summed E-state index contributed by atoms with van der Waals surface area (Å²) < 4.78 is 2.04. The second-order valence-corrected chi connectivity index (χ2v) is 8.76. The van der Waals surface area contributed by atoms with E-state index in [1.54, 1.807) is 36.5 Å². The van der Waals surface area contributed by atoms with Gasteiger partial charge in [-0.1, -0.05) is 44.4 Å². The monoisotopic (exact) mass is 452 g/mol. The number of unbranched alkanes of at least 4 members (excludes halogenated alkanes) is 3. The molecule has 0 radical (unpaired) electrons. The minimum absolute atomic E-state index is 0.239. The number of benzene rings is 1. The molecule has 2 heterocycles. The van der Waals surface area contributed by atoms with Crippen LogP contribution in [-0.4, -0.2) is 31.7 Å². The van der Waals surface area contributed by atoms with Crippen LogP contribution in [0, 0.1) is 0 Å². The maximum Gasteiger partial charge on any atom is 0.335 e. The number of carboxylic acids is 2.